The van der Waals surface area contributed by atoms with Gasteiger partial charge in [-0.3, -0.25) is 0 Å². The van der Waals surface area contributed by atoms with Crippen LogP contribution >= 0.6 is 0 Å². The number of alkyl halides is 2. The lowest BCUT2D eigenvalue weighted by Gasteiger charge is -2.04. The normalized spacial score (nSPS) is 10.8. The topological polar surface area (TPSA) is 30.7 Å². The van der Waals surface area contributed by atoms with Gasteiger partial charge in [-0.2, -0.15) is 5.10 Å². The van der Waals surface area contributed by atoms with E-state index in [0.717, 1.165) is 4.68 Å². The van der Waals surface area contributed by atoms with Gasteiger partial charge >= 0.3 is 0 Å². The predicted octanol–water partition coefficient (Wildman–Crippen LogP) is 2.01. The fourth-order valence-electron chi connectivity index (χ4n) is 1.09. The maximum Gasteiger partial charge on any atom is 0.281 e. The highest BCUT2D eigenvalue weighted by Gasteiger charge is 2.15. The van der Waals surface area contributed by atoms with Crippen molar-refractivity contribution in [2.24, 2.45) is 0 Å². The highest BCUT2D eigenvalue weighted by molar-refractivity contribution is 5.23. The van der Waals surface area contributed by atoms with Crippen LogP contribution in [-0.4, -0.2) is 14.8 Å². The van der Waals surface area contributed by atoms with Crippen molar-refractivity contribution in [3.05, 3.63) is 42.4 Å². The van der Waals surface area contributed by atoms with E-state index in [9.17, 15) is 8.78 Å². The van der Waals surface area contributed by atoms with E-state index in [1.807, 2.05) is 0 Å². The van der Waals surface area contributed by atoms with Gasteiger partial charge in [0.15, 0.2) is 5.82 Å². The maximum absolute atomic E-state index is 12.4. The summed E-state index contributed by atoms with van der Waals surface area (Å²) in [7, 11) is 0. The summed E-state index contributed by atoms with van der Waals surface area (Å²) < 4.78 is 25.9. The van der Waals surface area contributed by atoms with Gasteiger partial charge in [0.1, 0.15) is 5.69 Å². The summed E-state index contributed by atoms with van der Waals surface area (Å²) >= 11 is 0. The number of aromatic nitrogens is 3. The molecule has 0 bridgehead atoms. The summed E-state index contributed by atoms with van der Waals surface area (Å²) in [5, 5.41) is 3.73. The van der Waals surface area contributed by atoms with Crippen LogP contribution < -0.4 is 0 Å². The molecule has 0 saturated carbocycles. The van der Waals surface area contributed by atoms with E-state index < -0.39 is 6.43 Å². The zero-order chi connectivity index (χ0) is 9.97. The second-order valence-electron chi connectivity index (χ2n) is 2.57. The number of hydrogen-bond donors (Lipinski definition) is 0. The Bertz CT molecular complexity index is 411. The van der Waals surface area contributed by atoms with Crippen LogP contribution in [0.4, 0.5) is 8.78 Å². The summed E-state index contributed by atoms with van der Waals surface area (Å²) in [5.41, 5.74) is -0.274. The van der Waals surface area contributed by atoms with Crippen molar-refractivity contribution >= 4 is 0 Å². The molecule has 0 N–H and O–H groups in total. The number of halogens is 2. The molecule has 1 radical (unpaired) electrons. The van der Waals surface area contributed by atoms with Crippen LogP contribution in [-0.2, 0) is 0 Å². The smallest absolute Gasteiger partial charge is 0.237 e. The number of nitrogens with zero attached hydrogens (tertiary/aromatic N) is 3. The molecule has 0 atom stereocenters. The van der Waals surface area contributed by atoms with Crippen LogP contribution in [0.5, 0.6) is 0 Å². The van der Waals surface area contributed by atoms with Crippen molar-refractivity contribution in [1.29, 1.82) is 0 Å². The van der Waals surface area contributed by atoms with Crippen molar-refractivity contribution in [2.45, 2.75) is 6.43 Å². The molecular formula is C9H6F2N3. The van der Waals surface area contributed by atoms with Crippen LogP contribution in [0.2, 0.25) is 0 Å². The SMILES string of the molecule is FC(F)c1[c]cnn1-c1ccccn1. The first-order valence-electron chi connectivity index (χ1n) is 3.94. The van der Waals surface area contributed by atoms with Gasteiger partial charge in [0, 0.05) is 12.3 Å². The lowest BCUT2D eigenvalue weighted by molar-refractivity contribution is 0.142. The maximum atomic E-state index is 12.4. The van der Waals surface area contributed by atoms with Crippen molar-refractivity contribution in [3.8, 4) is 5.82 Å². The Morgan fingerprint density at radius 3 is 2.86 bits per heavy atom. The van der Waals surface area contributed by atoms with E-state index in [0.29, 0.717) is 5.82 Å². The third kappa shape index (κ3) is 1.48. The molecule has 14 heavy (non-hydrogen) atoms. The van der Waals surface area contributed by atoms with Crippen LogP contribution in [0.3, 0.4) is 0 Å². The fourth-order valence-corrected chi connectivity index (χ4v) is 1.09. The van der Waals surface area contributed by atoms with Gasteiger partial charge in [-0.25, -0.2) is 18.4 Å². The Labute approximate surface area is 79.0 Å². The van der Waals surface area contributed by atoms with Crippen LogP contribution in [0, 0.1) is 6.07 Å². The second-order valence-corrected chi connectivity index (χ2v) is 2.57. The van der Waals surface area contributed by atoms with Crippen molar-refractivity contribution in [3.63, 3.8) is 0 Å². The Balaban J connectivity index is 2.47. The summed E-state index contributed by atoms with van der Waals surface area (Å²) in [6.45, 7) is 0. The van der Waals surface area contributed by atoms with Crippen LogP contribution in [0.1, 0.15) is 12.1 Å². The highest BCUT2D eigenvalue weighted by atomic mass is 19.3. The number of rotatable bonds is 2. The van der Waals surface area contributed by atoms with Crippen molar-refractivity contribution in [2.75, 3.05) is 0 Å². The van der Waals surface area contributed by atoms with E-state index in [1.165, 1.54) is 12.4 Å². The quantitative estimate of drug-likeness (QED) is 0.732. The fraction of sp³-hybridized carbons (Fsp3) is 0.111. The molecule has 0 spiro atoms. The first-order valence-corrected chi connectivity index (χ1v) is 3.94. The van der Waals surface area contributed by atoms with Gasteiger partial charge in [-0.15, -0.1) is 0 Å². The molecule has 71 valence electrons. The summed E-state index contributed by atoms with van der Waals surface area (Å²) in [5.74, 6) is 0.365. The van der Waals surface area contributed by atoms with Crippen molar-refractivity contribution in [1.82, 2.24) is 14.8 Å². The molecule has 0 amide bonds. The molecular weight excluding hydrogens is 188 g/mol. The molecule has 0 aliphatic carbocycles. The molecule has 0 saturated heterocycles. The number of hydrogen-bond acceptors (Lipinski definition) is 2. The molecule has 3 nitrogen and oxygen atoms in total. The average molecular weight is 194 g/mol. The van der Waals surface area contributed by atoms with Gasteiger partial charge < -0.3 is 0 Å². The molecule has 2 heterocycles. The lowest BCUT2D eigenvalue weighted by atomic mass is 10.4. The Hall–Kier alpha value is -1.78. The molecule has 2 aromatic heterocycles. The Morgan fingerprint density at radius 1 is 1.36 bits per heavy atom. The molecule has 0 unspecified atom stereocenters. The van der Waals surface area contributed by atoms with Gasteiger partial charge in [0.25, 0.3) is 6.43 Å². The van der Waals surface area contributed by atoms with Crippen LogP contribution in [0.15, 0.2) is 30.6 Å². The minimum absolute atomic E-state index is 0.274. The Morgan fingerprint density at radius 2 is 2.21 bits per heavy atom. The summed E-state index contributed by atoms with van der Waals surface area (Å²) in [6, 6.07) is 7.38. The van der Waals surface area contributed by atoms with Gasteiger partial charge in [0.05, 0.1) is 6.20 Å². The first-order chi connectivity index (χ1) is 6.79. The van der Waals surface area contributed by atoms with Gasteiger partial charge in [0.2, 0.25) is 0 Å². The third-order valence-corrected chi connectivity index (χ3v) is 1.69. The summed E-state index contributed by atoms with van der Waals surface area (Å²) in [6.07, 6.45) is 0.127. The first kappa shape index (κ1) is 8.80. The van der Waals surface area contributed by atoms with Crippen LogP contribution in [0.25, 0.3) is 5.82 Å². The van der Waals surface area contributed by atoms with Gasteiger partial charge in [-0.05, 0) is 12.1 Å². The summed E-state index contributed by atoms with van der Waals surface area (Å²) in [4.78, 5) is 3.91. The molecule has 2 aromatic rings. The highest BCUT2D eigenvalue weighted by Crippen LogP contribution is 2.19. The molecule has 0 fully saturated rings. The second kappa shape index (κ2) is 3.53. The van der Waals surface area contributed by atoms with Crippen molar-refractivity contribution < 1.29 is 8.78 Å². The predicted molar refractivity (Wildman–Crippen MR) is 45.2 cm³/mol. The largest absolute Gasteiger partial charge is 0.281 e. The average Bonchev–Trinajstić information content (AvgIpc) is 2.67. The molecule has 5 heteroatoms. The van der Waals surface area contributed by atoms with E-state index in [1.54, 1.807) is 18.2 Å². The zero-order valence-corrected chi connectivity index (χ0v) is 7.06. The van der Waals surface area contributed by atoms with E-state index in [-0.39, 0.29) is 5.69 Å². The number of pyridine rings is 1. The third-order valence-electron chi connectivity index (χ3n) is 1.69. The van der Waals surface area contributed by atoms with E-state index in [2.05, 4.69) is 16.1 Å². The monoisotopic (exact) mass is 194 g/mol. The minimum Gasteiger partial charge on any atom is -0.237 e. The van der Waals surface area contributed by atoms with E-state index in [4.69, 9.17) is 0 Å². The minimum atomic E-state index is -2.60. The standard InChI is InChI=1S/C9H6F2N3/c10-9(11)7-4-6-13-14(7)8-3-1-2-5-12-8/h1-3,5-6,9H. The molecule has 2 rings (SSSR count). The van der Waals surface area contributed by atoms with E-state index >= 15 is 0 Å². The Kier molecular flexibility index (Phi) is 2.22. The van der Waals surface area contributed by atoms with Gasteiger partial charge in [-0.1, -0.05) is 6.07 Å². The lowest BCUT2D eigenvalue weighted by Crippen LogP contribution is -2.03. The molecule has 0 aliphatic rings. The zero-order valence-electron chi connectivity index (χ0n) is 7.06. The molecule has 0 aromatic carbocycles. The molecule has 0 aliphatic heterocycles.